The lowest BCUT2D eigenvalue weighted by atomic mass is 9.87. The highest BCUT2D eigenvalue weighted by Gasteiger charge is 2.19. The number of carbonyl (C=O) groups excluding carboxylic acids is 1. The van der Waals surface area contributed by atoms with Crippen LogP contribution in [-0.4, -0.2) is 20.4 Å². The van der Waals surface area contributed by atoms with Crippen LogP contribution in [0.1, 0.15) is 43.9 Å². The minimum atomic E-state index is -3.62. The summed E-state index contributed by atoms with van der Waals surface area (Å²) in [5.41, 5.74) is 0.761. The molecule has 0 spiro atoms. The van der Waals surface area contributed by atoms with Gasteiger partial charge in [0, 0.05) is 12.1 Å². The zero-order valence-electron chi connectivity index (χ0n) is 15.9. The molecule has 1 heterocycles. The average Bonchev–Trinajstić information content (AvgIpc) is 3.21. The molecule has 0 aliphatic heterocycles. The third-order valence-electron chi connectivity index (χ3n) is 5.00. The molecular formula is C21H26N2O4S. The van der Waals surface area contributed by atoms with Gasteiger partial charge in [0.1, 0.15) is 5.76 Å². The monoisotopic (exact) mass is 402 g/mol. The number of amides is 1. The Morgan fingerprint density at radius 3 is 2.50 bits per heavy atom. The van der Waals surface area contributed by atoms with Crippen LogP contribution >= 0.6 is 0 Å². The Bertz CT molecular complexity index is 894. The molecule has 1 aromatic heterocycles. The highest BCUT2D eigenvalue weighted by molar-refractivity contribution is 7.89. The molecule has 0 saturated heterocycles. The van der Waals surface area contributed by atoms with E-state index in [9.17, 15) is 13.2 Å². The van der Waals surface area contributed by atoms with Crippen molar-refractivity contribution in [1.29, 1.82) is 0 Å². The number of furan rings is 1. The second-order valence-corrected chi connectivity index (χ2v) is 9.04. The lowest BCUT2D eigenvalue weighted by Gasteiger charge is -2.26. The van der Waals surface area contributed by atoms with Gasteiger partial charge in [-0.2, -0.15) is 0 Å². The fourth-order valence-corrected chi connectivity index (χ4v) is 4.24. The summed E-state index contributed by atoms with van der Waals surface area (Å²) in [4.78, 5) is 12.2. The Balaban J connectivity index is 1.53. The maximum atomic E-state index is 12.3. The van der Waals surface area contributed by atoms with Crippen LogP contribution in [0.3, 0.4) is 0 Å². The van der Waals surface area contributed by atoms with Crippen LogP contribution in [0, 0.1) is 5.92 Å². The number of hydrogen-bond acceptors (Lipinski definition) is 4. The lowest BCUT2D eigenvalue weighted by molar-refractivity contribution is -0.117. The van der Waals surface area contributed by atoms with Gasteiger partial charge in [0.25, 0.3) is 0 Å². The molecule has 0 radical (unpaired) electrons. The summed E-state index contributed by atoms with van der Waals surface area (Å²) in [5.74, 6) is 1.17. The molecule has 6 nitrogen and oxygen atoms in total. The summed E-state index contributed by atoms with van der Waals surface area (Å²) in [6.07, 6.45) is 9.04. The van der Waals surface area contributed by atoms with E-state index in [2.05, 4.69) is 17.0 Å². The van der Waals surface area contributed by atoms with Gasteiger partial charge in [0.05, 0.1) is 17.7 Å². The molecule has 1 fully saturated rings. The molecule has 7 heteroatoms. The first-order chi connectivity index (χ1) is 13.4. The molecule has 1 amide bonds. The van der Waals surface area contributed by atoms with Gasteiger partial charge in [0.15, 0.2) is 0 Å². The Kier molecular flexibility index (Phi) is 6.70. The van der Waals surface area contributed by atoms with Gasteiger partial charge in [-0.05, 0) is 67.5 Å². The molecule has 2 aromatic rings. The number of nitrogens with one attached hydrogen (secondary N) is 2. The van der Waals surface area contributed by atoms with Gasteiger partial charge in [-0.3, -0.25) is 4.79 Å². The number of rotatable bonds is 7. The van der Waals surface area contributed by atoms with Gasteiger partial charge in [0.2, 0.25) is 15.9 Å². The fraction of sp³-hybridized carbons (Fsp3) is 0.381. The molecule has 1 aliphatic carbocycles. The first-order valence-corrected chi connectivity index (χ1v) is 11.0. The summed E-state index contributed by atoms with van der Waals surface area (Å²) in [7, 11) is -3.62. The standard InChI is InChI=1S/C21H26N2O4S/c1-16-4-9-18(10-5-16)23-21(24)13-8-17-6-11-20(12-7-17)28(25,26)22-15-19-3-2-14-27-19/h2-3,6-8,11-14,16,18,22H,4-5,9-10,15H2,1H3,(H,23,24)/b13-8+. The van der Waals surface area contributed by atoms with Crippen LogP contribution in [0.15, 0.2) is 58.1 Å². The van der Waals surface area contributed by atoms with E-state index < -0.39 is 10.0 Å². The van der Waals surface area contributed by atoms with E-state index in [1.807, 2.05) is 0 Å². The van der Waals surface area contributed by atoms with Crippen LogP contribution in [-0.2, 0) is 21.4 Å². The van der Waals surface area contributed by atoms with Crippen molar-refractivity contribution in [3.05, 3.63) is 60.1 Å². The van der Waals surface area contributed by atoms with Crippen molar-refractivity contribution in [1.82, 2.24) is 10.0 Å². The Morgan fingerprint density at radius 1 is 1.14 bits per heavy atom. The number of sulfonamides is 1. The summed E-state index contributed by atoms with van der Waals surface area (Å²) in [5, 5.41) is 3.03. The summed E-state index contributed by atoms with van der Waals surface area (Å²) >= 11 is 0. The van der Waals surface area contributed by atoms with E-state index in [0.29, 0.717) is 5.76 Å². The van der Waals surface area contributed by atoms with Gasteiger partial charge in [-0.15, -0.1) is 0 Å². The van der Waals surface area contributed by atoms with Gasteiger partial charge in [-0.1, -0.05) is 19.1 Å². The molecule has 1 aliphatic rings. The SMILES string of the molecule is CC1CCC(NC(=O)/C=C/c2ccc(S(=O)(=O)NCc3ccco3)cc2)CC1. The summed E-state index contributed by atoms with van der Waals surface area (Å²) in [6.45, 7) is 2.34. The Labute approximate surface area is 166 Å². The minimum Gasteiger partial charge on any atom is -0.468 e. The van der Waals surface area contributed by atoms with Crippen molar-refractivity contribution in [2.75, 3.05) is 0 Å². The van der Waals surface area contributed by atoms with E-state index >= 15 is 0 Å². The molecule has 0 unspecified atom stereocenters. The molecule has 2 N–H and O–H groups in total. The van der Waals surface area contributed by atoms with Gasteiger partial charge < -0.3 is 9.73 Å². The second kappa shape index (κ2) is 9.21. The first-order valence-electron chi connectivity index (χ1n) is 9.53. The van der Waals surface area contributed by atoms with Crippen LogP contribution in [0.4, 0.5) is 0 Å². The number of carbonyl (C=O) groups is 1. The van der Waals surface area contributed by atoms with Crippen LogP contribution in [0.5, 0.6) is 0 Å². The predicted octanol–water partition coefficient (Wildman–Crippen LogP) is 3.47. The summed E-state index contributed by atoms with van der Waals surface area (Å²) in [6, 6.07) is 10.0. The van der Waals surface area contributed by atoms with E-state index in [0.717, 1.165) is 37.2 Å². The van der Waals surface area contributed by atoms with Gasteiger partial charge >= 0.3 is 0 Å². The van der Waals surface area contributed by atoms with Crippen molar-refractivity contribution in [2.45, 2.75) is 50.1 Å². The number of hydrogen-bond donors (Lipinski definition) is 2. The Morgan fingerprint density at radius 2 is 1.86 bits per heavy atom. The highest BCUT2D eigenvalue weighted by atomic mass is 32.2. The van der Waals surface area contributed by atoms with Crippen molar-refractivity contribution in [3.63, 3.8) is 0 Å². The van der Waals surface area contributed by atoms with E-state index in [1.165, 1.54) is 24.5 Å². The predicted molar refractivity (Wildman–Crippen MR) is 108 cm³/mol. The molecule has 3 rings (SSSR count). The van der Waals surface area contributed by atoms with Crippen molar-refractivity contribution in [3.8, 4) is 0 Å². The fourth-order valence-electron chi connectivity index (χ4n) is 3.25. The largest absolute Gasteiger partial charge is 0.468 e. The van der Waals surface area contributed by atoms with E-state index in [-0.39, 0.29) is 23.4 Å². The quantitative estimate of drug-likeness (QED) is 0.694. The normalized spacial score (nSPS) is 20.3. The highest BCUT2D eigenvalue weighted by Crippen LogP contribution is 2.23. The van der Waals surface area contributed by atoms with Gasteiger partial charge in [-0.25, -0.2) is 13.1 Å². The molecule has 0 atom stereocenters. The van der Waals surface area contributed by atoms with Crippen LogP contribution in [0.2, 0.25) is 0 Å². The molecule has 150 valence electrons. The Hall–Kier alpha value is -2.38. The third-order valence-corrected chi connectivity index (χ3v) is 6.41. The van der Waals surface area contributed by atoms with E-state index in [4.69, 9.17) is 4.42 Å². The van der Waals surface area contributed by atoms with Crippen LogP contribution in [0.25, 0.3) is 6.08 Å². The third kappa shape index (κ3) is 5.81. The van der Waals surface area contributed by atoms with Crippen LogP contribution < -0.4 is 10.0 Å². The average molecular weight is 403 g/mol. The zero-order chi connectivity index (χ0) is 20.0. The van der Waals surface area contributed by atoms with Crippen molar-refractivity contribution >= 4 is 22.0 Å². The topological polar surface area (TPSA) is 88.4 Å². The molecule has 0 bridgehead atoms. The number of benzene rings is 1. The molecule has 1 aromatic carbocycles. The maximum Gasteiger partial charge on any atom is 0.244 e. The van der Waals surface area contributed by atoms with Crippen molar-refractivity contribution in [2.24, 2.45) is 5.92 Å². The van der Waals surface area contributed by atoms with E-state index in [1.54, 1.807) is 30.3 Å². The van der Waals surface area contributed by atoms with Crippen molar-refractivity contribution < 1.29 is 17.6 Å². The molecule has 28 heavy (non-hydrogen) atoms. The summed E-state index contributed by atoms with van der Waals surface area (Å²) < 4.78 is 32.2. The minimum absolute atomic E-state index is 0.0943. The molecular weight excluding hydrogens is 376 g/mol. The lowest BCUT2D eigenvalue weighted by Crippen LogP contribution is -2.36. The maximum absolute atomic E-state index is 12.3. The zero-order valence-corrected chi connectivity index (χ0v) is 16.7. The second-order valence-electron chi connectivity index (χ2n) is 7.27. The molecule has 1 saturated carbocycles. The smallest absolute Gasteiger partial charge is 0.244 e. The first kappa shape index (κ1) is 20.4.